The summed E-state index contributed by atoms with van der Waals surface area (Å²) >= 11 is 12.0. The largest absolute Gasteiger partial charge is 0.384 e. The minimum Gasteiger partial charge on any atom is -0.384 e. The number of hydrogen-bond donors (Lipinski definition) is 1. The molecule has 4 nitrogen and oxygen atoms in total. The Morgan fingerprint density at radius 1 is 1.12 bits per heavy atom. The van der Waals surface area contributed by atoms with E-state index in [-0.39, 0.29) is 24.0 Å². The molecule has 0 spiro atoms. The van der Waals surface area contributed by atoms with E-state index in [1.807, 2.05) is 12.1 Å². The number of methoxy groups -OCH3 is 1. The molecule has 0 amide bonds. The van der Waals surface area contributed by atoms with Crippen LogP contribution in [0, 0.1) is 5.41 Å². The molecule has 3 atom stereocenters. The van der Waals surface area contributed by atoms with Gasteiger partial charge in [0, 0.05) is 35.0 Å². The lowest BCUT2D eigenvalue weighted by Crippen LogP contribution is -2.28. The summed E-state index contributed by atoms with van der Waals surface area (Å²) in [6.45, 7) is 0.466. The van der Waals surface area contributed by atoms with Gasteiger partial charge in [-0.25, -0.2) is 8.42 Å². The average molecular weight is 400 g/mol. The first-order valence-corrected chi connectivity index (χ1v) is 10.1. The molecule has 0 saturated heterocycles. The van der Waals surface area contributed by atoms with Gasteiger partial charge >= 0.3 is 0 Å². The summed E-state index contributed by atoms with van der Waals surface area (Å²) in [6, 6.07) is 13.5. The Bertz CT molecular complexity index is 870. The second-order valence-electron chi connectivity index (χ2n) is 6.32. The average Bonchev–Trinajstić information content (AvgIpc) is 3.26. The van der Waals surface area contributed by atoms with Crippen LogP contribution in [0.4, 0.5) is 0 Å². The van der Waals surface area contributed by atoms with E-state index in [9.17, 15) is 8.42 Å². The second-order valence-corrected chi connectivity index (χ2v) is 9.26. The SMILES string of the molecule is COCC1(CN)C(c2cccc(Cl)c2)C1S(=O)(=O)c1ccc(Cl)cc1. The Morgan fingerprint density at radius 2 is 1.80 bits per heavy atom. The zero-order chi connectivity index (χ0) is 18.2. The number of ether oxygens (including phenoxy) is 1. The van der Waals surface area contributed by atoms with Crippen LogP contribution in [0.15, 0.2) is 53.4 Å². The number of halogens is 2. The molecule has 3 unspecified atom stereocenters. The van der Waals surface area contributed by atoms with Gasteiger partial charge in [-0.2, -0.15) is 0 Å². The molecule has 0 heterocycles. The molecule has 1 aliphatic carbocycles. The lowest BCUT2D eigenvalue weighted by molar-refractivity contribution is 0.142. The maximum Gasteiger partial charge on any atom is 0.182 e. The number of nitrogens with two attached hydrogens (primary N) is 1. The molecule has 3 rings (SSSR count). The van der Waals surface area contributed by atoms with Gasteiger partial charge in [-0.3, -0.25) is 0 Å². The van der Waals surface area contributed by atoms with E-state index >= 15 is 0 Å². The molecule has 1 saturated carbocycles. The minimum atomic E-state index is -3.60. The fourth-order valence-electron chi connectivity index (χ4n) is 3.66. The Hall–Kier alpha value is -1.11. The van der Waals surface area contributed by atoms with Crippen molar-refractivity contribution in [3.63, 3.8) is 0 Å². The van der Waals surface area contributed by atoms with Crippen LogP contribution in [0.25, 0.3) is 0 Å². The topological polar surface area (TPSA) is 69.4 Å². The summed E-state index contributed by atoms with van der Waals surface area (Å²) in [5, 5.41) is 0.392. The first kappa shape index (κ1) is 18.7. The Morgan fingerprint density at radius 3 is 2.36 bits per heavy atom. The maximum absolute atomic E-state index is 13.2. The highest BCUT2D eigenvalue weighted by Crippen LogP contribution is 2.63. The van der Waals surface area contributed by atoms with E-state index in [2.05, 4.69) is 0 Å². The van der Waals surface area contributed by atoms with E-state index in [1.165, 1.54) is 12.1 Å². The van der Waals surface area contributed by atoms with Crippen LogP contribution in [-0.4, -0.2) is 33.9 Å². The normalized spacial score (nSPS) is 25.8. The zero-order valence-corrected chi connectivity index (χ0v) is 16.0. The Labute approximate surface area is 157 Å². The summed E-state index contributed by atoms with van der Waals surface area (Å²) in [5.41, 5.74) is 6.20. The highest BCUT2D eigenvalue weighted by atomic mass is 35.5. The fraction of sp³-hybridized carbons (Fsp3) is 0.333. The van der Waals surface area contributed by atoms with Gasteiger partial charge in [-0.05, 0) is 42.0 Å². The molecule has 2 N–H and O–H groups in total. The summed E-state index contributed by atoms with van der Waals surface area (Å²) < 4.78 is 31.8. The Kier molecular flexibility index (Phi) is 5.15. The van der Waals surface area contributed by atoms with Crippen LogP contribution < -0.4 is 5.73 Å². The monoisotopic (exact) mass is 399 g/mol. The second kappa shape index (κ2) is 6.89. The summed E-state index contributed by atoms with van der Waals surface area (Å²) in [7, 11) is -2.04. The van der Waals surface area contributed by atoms with Crippen LogP contribution in [0.1, 0.15) is 11.5 Å². The van der Waals surface area contributed by atoms with E-state index < -0.39 is 20.5 Å². The van der Waals surface area contributed by atoms with Crippen molar-refractivity contribution in [2.24, 2.45) is 11.1 Å². The van der Waals surface area contributed by atoms with Crippen LogP contribution >= 0.6 is 23.2 Å². The van der Waals surface area contributed by atoms with Gasteiger partial charge in [0.1, 0.15) is 0 Å². The molecule has 2 aromatic carbocycles. The Balaban J connectivity index is 2.07. The van der Waals surface area contributed by atoms with Gasteiger partial charge in [0.05, 0.1) is 16.8 Å². The first-order chi connectivity index (χ1) is 11.9. The molecule has 0 radical (unpaired) electrons. The minimum absolute atomic E-state index is 0.204. The van der Waals surface area contributed by atoms with Crippen molar-refractivity contribution in [3.8, 4) is 0 Å². The van der Waals surface area contributed by atoms with Crippen molar-refractivity contribution in [1.82, 2.24) is 0 Å². The molecule has 0 aromatic heterocycles. The third-order valence-electron chi connectivity index (χ3n) is 4.86. The maximum atomic E-state index is 13.2. The fourth-order valence-corrected chi connectivity index (χ4v) is 6.43. The molecule has 1 aliphatic rings. The van der Waals surface area contributed by atoms with Crippen LogP contribution in [-0.2, 0) is 14.6 Å². The molecule has 25 heavy (non-hydrogen) atoms. The third-order valence-corrected chi connectivity index (χ3v) is 7.68. The van der Waals surface area contributed by atoms with Crippen LogP contribution in [0.2, 0.25) is 10.0 Å². The molecule has 134 valence electrons. The predicted octanol–water partition coefficient (Wildman–Crippen LogP) is 3.52. The van der Waals surface area contributed by atoms with Crippen molar-refractivity contribution in [2.75, 3.05) is 20.3 Å². The van der Waals surface area contributed by atoms with Gasteiger partial charge < -0.3 is 10.5 Å². The van der Waals surface area contributed by atoms with Gasteiger partial charge in [0.25, 0.3) is 0 Å². The van der Waals surface area contributed by atoms with Gasteiger partial charge in [0.15, 0.2) is 9.84 Å². The zero-order valence-electron chi connectivity index (χ0n) is 13.7. The van der Waals surface area contributed by atoms with E-state index in [0.29, 0.717) is 10.0 Å². The van der Waals surface area contributed by atoms with Crippen molar-refractivity contribution in [2.45, 2.75) is 16.1 Å². The first-order valence-electron chi connectivity index (χ1n) is 7.81. The highest BCUT2D eigenvalue weighted by Gasteiger charge is 2.70. The van der Waals surface area contributed by atoms with Crippen molar-refractivity contribution < 1.29 is 13.2 Å². The highest BCUT2D eigenvalue weighted by molar-refractivity contribution is 7.92. The van der Waals surface area contributed by atoms with Gasteiger partial charge in [0.2, 0.25) is 0 Å². The molecular weight excluding hydrogens is 381 g/mol. The lowest BCUT2D eigenvalue weighted by Gasteiger charge is -2.15. The van der Waals surface area contributed by atoms with Crippen LogP contribution in [0.5, 0.6) is 0 Å². The van der Waals surface area contributed by atoms with E-state index in [0.717, 1.165) is 5.56 Å². The number of hydrogen-bond acceptors (Lipinski definition) is 4. The summed E-state index contributed by atoms with van der Waals surface area (Å²) in [6.07, 6.45) is 0. The predicted molar refractivity (Wildman–Crippen MR) is 100.0 cm³/mol. The third kappa shape index (κ3) is 3.20. The van der Waals surface area contributed by atoms with Crippen molar-refractivity contribution in [1.29, 1.82) is 0 Å². The number of rotatable bonds is 6. The van der Waals surface area contributed by atoms with Gasteiger partial charge in [-0.1, -0.05) is 35.3 Å². The molecule has 1 fully saturated rings. The molecule has 7 heteroatoms. The quantitative estimate of drug-likeness (QED) is 0.806. The molecular formula is C18H19Cl2NO3S. The van der Waals surface area contributed by atoms with E-state index in [4.69, 9.17) is 33.7 Å². The number of sulfone groups is 1. The molecule has 0 aliphatic heterocycles. The smallest absolute Gasteiger partial charge is 0.182 e. The number of benzene rings is 2. The van der Waals surface area contributed by atoms with Crippen molar-refractivity contribution >= 4 is 33.0 Å². The summed E-state index contributed by atoms with van der Waals surface area (Å²) in [5.74, 6) is -0.267. The molecule has 0 bridgehead atoms. The van der Waals surface area contributed by atoms with E-state index in [1.54, 1.807) is 31.4 Å². The van der Waals surface area contributed by atoms with Crippen molar-refractivity contribution in [3.05, 3.63) is 64.1 Å². The standard InChI is InChI=1S/C18H19Cl2NO3S/c1-24-11-18(10-21)16(12-3-2-4-14(20)9-12)17(18)25(22,23)15-7-5-13(19)6-8-15/h2-9,16-17H,10-11,21H2,1H3. The summed E-state index contributed by atoms with van der Waals surface area (Å²) in [4.78, 5) is 0.236. The lowest BCUT2D eigenvalue weighted by atomic mass is 10.00. The molecule has 2 aromatic rings. The van der Waals surface area contributed by atoms with Gasteiger partial charge in [-0.15, -0.1) is 0 Å². The van der Waals surface area contributed by atoms with Crippen LogP contribution in [0.3, 0.4) is 0 Å².